The van der Waals surface area contributed by atoms with Crippen LogP contribution in [0, 0.1) is 27.7 Å². The van der Waals surface area contributed by atoms with Crippen LogP contribution in [0.4, 0.5) is 68.2 Å². The van der Waals surface area contributed by atoms with Crippen LogP contribution in [0.25, 0.3) is 55.0 Å². The number of anilines is 12. The van der Waals surface area contributed by atoms with Gasteiger partial charge >= 0.3 is 0 Å². The van der Waals surface area contributed by atoms with Crippen LogP contribution in [0.15, 0.2) is 255 Å². The molecular formula is C122H144N6. The minimum atomic E-state index is -0.243. The molecule has 6 nitrogen and oxygen atoms in total. The molecule has 0 aliphatic rings. The fraction of sp³-hybridized carbons (Fsp3) is 0.361. The van der Waals surface area contributed by atoms with Crippen molar-refractivity contribution in [2.75, 3.05) is 19.6 Å². The molecule has 15 rings (SSSR count). The molecule has 0 amide bonds. The van der Waals surface area contributed by atoms with Gasteiger partial charge in [0.05, 0.1) is 56.2 Å². The van der Waals surface area contributed by atoms with E-state index >= 15 is 0 Å². The number of aryl methyl sites for hydroxylation is 4. The highest BCUT2D eigenvalue weighted by Crippen LogP contribution is 2.53. The predicted molar refractivity (Wildman–Crippen MR) is 560 cm³/mol. The molecule has 2 aromatic heterocycles. The van der Waals surface area contributed by atoms with E-state index in [9.17, 15) is 0 Å². The number of rotatable bonds is 14. The average Bonchev–Trinajstić information content (AvgIpc) is 1.59. The zero-order valence-electron chi connectivity index (χ0n) is 83.9. The van der Waals surface area contributed by atoms with Gasteiger partial charge in [-0.1, -0.05) is 311 Å². The van der Waals surface area contributed by atoms with Crippen molar-refractivity contribution in [3.8, 4) is 11.4 Å². The van der Waals surface area contributed by atoms with E-state index in [1.807, 2.05) is 0 Å². The SMILES string of the molecule is Cc1cccc2c1c1c(C)cccc1n2-c1cc(N(c2cccc(N(c3cc(N(c4cccc(C(C)(C)C)c4)c4cc(C(C)(C)C)cc(C(C)(C)C)c4)cc(-n4c5cccc(C)c5c5c(C)cccc54)c3)c3cc(C(C)(C)C)cc(C(C)(C)C)c3)c2)c2cc(C(C)(C)C)cc(C(C)(C)C)c2)cc(N(c2cccc(C(C)(C)C)c2)c2cc(C(C)(C)C)cc(C(C)(C)C)c2)c1. The van der Waals surface area contributed by atoms with Gasteiger partial charge in [-0.15, -0.1) is 0 Å². The smallest absolute Gasteiger partial charge is 0.0543 e. The third kappa shape index (κ3) is 18.0. The molecule has 128 heavy (non-hydrogen) atoms. The molecule has 0 saturated heterocycles. The van der Waals surface area contributed by atoms with E-state index in [0.29, 0.717) is 0 Å². The molecule has 0 aliphatic carbocycles. The van der Waals surface area contributed by atoms with Crippen molar-refractivity contribution in [3.63, 3.8) is 0 Å². The summed E-state index contributed by atoms with van der Waals surface area (Å²) < 4.78 is 5.14. The maximum Gasteiger partial charge on any atom is 0.0543 e. The van der Waals surface area contributed by atoms with E-state index in [2.05, 4.69) is 519 Å². The third-order valence-corrected chi connectivity index (χ3v) is 26.7. The highest BCUT2D eigenvalue weighted by molar-refractivity contribution is 6.14. The molecule has 0 aliphatic heterocycles. The van der Waals surface area contributed by atoms with Gasteiger partial charge in [-0.2, -0.15) is 0 Å². The highest BCUT2D eigenvalue weighted by atomic mass is 15.2. The lowest BCUT2D eigenvalue weighted by molar-refractivity contribution is 0.568. The van der Waals surface area contributed by atoms with E-state index in [0.717, 1.165) is 102 Å². The van der Waals surface area contributed by atoms with Crippen LogP contribution < -0.4 is 19.6 Å². The molecule has 0 spiro atoms. The van der Waals surface area contributed by atoms with Crippen molar-refractivity contribution in [1.29, 1.82) is 0 Å². The van der Waals surface area contributed by atoms with Gasteiger partial charge in [0.2, 0.25) is 0 Å². The Bertz CT molecular complexity index is 6130. The molecule has 0 bridgehead atoms. The van der Waals surface area contributed by atoms with Crippen LogP contribution in [-0.2, 0) is 54.1 Å². The molecule has 0 N–H and O–H groups in total. The normalized spacial score (nSPS) is 13.1. The average molecular weight is 1690 g/mol. The third-order valence-electron chi connectivity index (χ3n) is 26.7. The largest absolute Gasteiger partial charge is 0.310 e. The summed E-state index contributed by atoms with van der Waals surface area (Å²) >= 11 is 0. The first-order chi connectivity index (χ1) is 59.4. The van der Waals surface area contributed by atoms with Gasteiger partial charge in [-0.05, 0) is 311 Å². The van der Waals surface area contributed by atoms with Gasteiger partial charge in [-0.25, -0.2) is 0 Å². The maximum atomic E-state index is 2.62. The summed E-state index contributed by atoms with van der Waals surface area (Å²) in [5.74, 6) is 0. The number of nitrogens with zero attached hydrogens (tertiary/aromatic N) is 6. The zero-order chi connectivity index (χ0) is 92.9. The second-order valence-corrected chi connectivity index (χ2v) is 47.5. The summed E-state index contributed by atoms with van der Waals surface area (Å²) in [7, 11) is 0. The molecule has 15 aromatic rings. The predicted octanol–water partition coefficient (Wildman–Crippen LogP) is 36.0. The summed E-state index contributed by atoms with van der Waals surface area (Å²) in [5.41, 5.74) is 35.0. The van der Waals surface area contributed by atoms with E-state index < -0.39 is 0 Å². The molecule has 0 atom stereocenters. The molecule has 13 aromatic carbocycles. The number of fused-ring (bicyclic) bond motifs is 6. The van der Waals surface area contributed by atoms with Crippen LogP contribution in [0.3, 0.4) is 0 Å². The Morgan fingerprint density at radius 2 is 0.312 bits per heavy atom. The molecule has 0 radical (unpaired) electrons. The van der Waals surface area contributed by atoms with Gasteiger partial charge in [0.25, 0.3) is 0 Å². The molecule has 2 heterocycles. The lowest BCUT2D eigenvalue weighted by Crippen LogP contribution is -2.21. The maximum absolute atomic E-state index is 2.62. The Kier molecular flexibility index (Phi) is 23.1. The van der Waals surface area contributed by atoms with E-state index in [-0.39, 0.29) is 54.1 Å². The van der Waals surface area contributed by atoms with Gasteiger partial charge < -0.3 is 28.7 Å². The first kappa shape index (κ1) is 91.4. The minimum Gasteiger partial charge on any atom is -0.310 e. The van der Waals surface area contributed by atoms with Crippen molar-refractivity contribution in [3.05, 3.63) is 333 Å². The number of benzene rings is 13. The second-order valence-electron chi connectivity index (χ2n) is 47.5. The molecule has 0 unspecified atom stereocenters. The van der Waals surface area contributed by atoms with Gasteiger partial charge in [0.15, 0.2) is 0 Å². The van der Waals surface area contributed by atoms with Crippen LogP contribution in [0.1, 0.15) is 286 Å². The Balaban J connectivity index is 1.13. The number of hydrogen-bond acceptors (Lipinski definition) is 4. The molecule has 0 saturated carbocycles. The molecule has 662 valence electrons. The van der Waals surface area contributed by atoms with Crippen molar-refractivity contribution < 1.29 is 0 Å². The summed E-state index contributed by atoms with van der Waals surface area (Å²) in [6.45, 7) is 80.1. The first-order valence-electron chi connectivity index (χ1n) is 46.9. The Morgan fingerprint density at radius 3 is 0.508 bits per heavy atom. The molecular weight excluding hydrogens is 1550 g/mol. The molecule has 6 heteroatoms. The number of aromatic nitrogens is 2. The van der Waals surface area contributed by atoms with Crippen molar-refractivity contribution in [2.24, 2.45) is 0 Å². The minimum absolute atomic E-state index is 0.157. The van der Waals surface area contributed by atoms with Crippen LogP contribution in [0.2, 0.25) is 0 Å². The fourth-order valence-corrected chi connectivity index (χ4v) is 18.6. The Labute approximate surface area is 769 Å². The van der Waals surface area contributed by atoms with Gasteiger partial charge in [0.1, 0.15) is 0 Å². The van der Waals surface area contributed by atoms with Crippen molar-refractivity contribution in [2.45, 2.75) is 290 Å². The van der Waals surface area contributed by atoms with Crippen LogP contribution in [-0.4, -0.2) is 9.13 Å². The van der Waals surface area contributed by atoms with E-state index in [4.69, 9.17) is 0 Å². The van der Waals surface area contributed by atoms with Crippen LogP contribution >= 0.6 is 0 Å². The lowest BCUT2D eigenvalue weighted by atomic mass is 9.80. The monoisotopic (exact) mass is 1690 g/mol. The van der Waals surface area contributed by atoms with Crippen molar-refractivity contribution >= 4 is 112 Å². The van der Waals surface area contributed by atoms with Gasteiger partial charge in [0, 0.05) is 67.0 Å². The Hall–Kier alpha value is -11.3. The standard InChI is InChI=1S/C122H144N6/c1-77-42-35-52-105-109(77)110-78(2)43-36-53-106(110)127(105)103-73-99(123(91-48-39-46-81(60-91)113(5,6)7)95-62-83(115(11,12)13)56-84(63-95)116(14,15)16)71-101(75-103)125(97-66-87(119(23,24)25)58-88(67-97)120(26,27)28)93-50-41-51-94(70-93)126(98-68-89(121(29,30)31)59-90(69-98)122(32,33)34)102-72-100(74-104(76-102)128-107-54-37-44-79(3)111(107)112-80(4)45-38-55-108(112)128)124(92-49-40-47-82(61-92)114(8,9)10)96-64-85(117(17,18)19)57-86(65-96)118(20,21)22/h35-76H,1-34H3. The summed E-state index contributed by atoms with van der Waals surface area (Å²) in [6, 6.07) is 101. The Morgan fingerprint density at radius 1 is 0.156 bits per heavy atom. The summed E-state index contributed by atoms with van der Waals surface area (Å²) in [4.78, 5) is 10.4. The second kappa shape index (κ2) is 32.4. The highest BCUT2D eigenvalue weighted by Gasteiger charge is 2.34. The zero-order valence-corrected chi connectivity index (χ0v) is 83.9. The first-order valence-corrected chi connectivity index (χ1v) is 46.9. The van der Waals surface area contributed by atoms with E-state index in [1.165, 1.54) is 99.4 Å². The topological polar surface area (TPSA) is 22.8 Å². The van der Waals surface area contributed by atoms with E-state index in [1.54, 1.807) is 0 Å². The van der Waals surface area contributed by atoms with Crippen molar-refractivity contribution in [1.82, 2.24) is 9.13 Å². The lowest BCUT2D eigenvalue weighted by Gasteiger charge is -2.35. The fourth-order valence-electron chi connectivity index (χ4n) is 18.6. The van der Waals surface area contributed by atoms with Crippen LogP contribution in [0.5, 0.6) is 0 Å². The summed E-state index contributed by atoms with van der Waals surface area (Å²) in [6.07, 6.45) is 0. The molecule has 0 fully saturated rings. The summed E-state index contributed by atoms with van der Waals surface area (Å²) in [5, 5.41) is 5.07. The van der Waals surface area contributed by atoms with Gasteiger partial charge in [-0.3, -0.25) is 0 Å². The number of hydrogen-bond donors (Lipinski definition) is 0. The quantitative estimate of drug-likeness (QED) is 0.108.